The molecule has 3 amide bonds. The van der Waals surface area contributed by atoms with Gasteiger partial charge in [0.15, 0.2) is 0 Å². The summed E-state index contributed by atoms with van der Waals surface area (Å²) < 4.78 is 0. The summed E-state index contributed by atoms with van der Waals surface area (Å²) in [4.78, 5) is 24.1. The first-order valence-corrected chi connectivity index (χ1v) is 8.53. The molecule has 132 valence electrons. The largest absolute Gasteiger partial charge is 0.336 e. The maximum absolute atomic E-state index is 12.2. The van der Waals surface area contributed by atoms with Gasteiger partial charge in [-0.2, -0.15) is 0 Å². The fourth-order valence-corrected chi connectivity index (χ4v) is 2.51. The van der Waals surface area contributed by atoms with Gasteiger partial charge in [-0.15, -0.1) is 0 Å². The molecule has 25 heavy (non-hydrogen) atoms. The van der Waals surface area contributed by atoms with Crippen LogP contribution < -0.4 is 16.0 Å². The number of anilines is 2. The van der Waals surface area contributed by atoms with E-state index in [1.165, 1.54) is 0 Å². The van der Waals surface area contributed by atoms with Crippen LogP contribution >= 0.6 is 11.6 Å². The van der Waals surface area contributed by atoms with Gasteiger partial charge in [0.1, 0.15) is 0 Å². The molecule has 0 aliphatic rings. The zero-order chi connectivity index (χ0) is 18.2. The van der Waals surface area contributed by atoms with Gasteiger partial charge < -0.3 is 16.0 Å². The topological polar surface area (TPSA) is 70.2 Å². The third-order valence-electron chi connectivity index (χ3n) is 3.45. The molecular weight excluding hydrogens is 338 g/mol. The Labute approximate surface area is 152 Å². The first-order chi connectivity index (χ1) is 12.0. The molecule has 2 aromatic rings. The number of halogens is 1. The lowest BCUT2D eigenvalue weighted by Gasteiger charge is -2.14. The molecule has 0 saturated carbocycles. The molecule has 3 N–H and O–H groups in total. The summed E-state index contributed by atoms with van der Waals surface area (Å²) >= 11 is 6.11. The molecule has 6 heteroatoms. The normalized spacial score (nSPS) is 10.4. The van der Waals surface area contributed by atoms with Crippen molar-refractivity contribution in [3.05, 3.63) is 59.1 Å². The van der Waals surface area contributed by atoms with Crippen molar-refractivity contribution in [2.24, 2.45) is 0 Å². The monoisotopic (exact) mass is 359 g/mol. The Kier molecular flexibility index (Phi) is 6.83. The van der Waals surface area contributed by atoms with Gasteiger partial charge in [0, 0.05) is 17.5 Å². The molecular formula is C19H22ClN3O2. The lowest BCUT2D eigenvalue weighted by Crippen LogP contribution is -2.34. The van der Waals surface area contributed by atoms with Crippen molar-refractivity contribution in [1.29, 1.82) is 0 Å². The number of rotatable bonds is 6. The molecule has 0 heterocycles. The van der Waals surface area contributed by atoms with Gasteiger partial charge in [-0.05, 0) is 44.0 Å². The minimum absolute atomic E-state index is 0.0253. The fourth-order valence-electron chi connectivity index (χ4n) is 2.28. The number of aryl methyl sites for hydroxylation is 1. The highest BCUT2D eigenvalue weighted by molar-refractivity contribution is 6.31. The Balaban J connectivity index is 1.96. The zero-order valence-corrected chi connectivity index (χ0v) is 15.1. The second-order valence-electron chi connectivity index (χ2n) is 5.94. The van der Waals surface area contributed by atoms with E-state index in [4.69, 9.17) is 11.6 Å². The zero-order valence-electron chi connectivity index (χ0n) is 14.3. The number of hydrogen-bond donors (Lipinski definition) is 3. The van der Waals surface area contributed by atoms with Gasteiger partial charge in [0.2, 0.25) is 5.91 Å². The molecule has 0 bridgehead atoms. The van der Waals surface area contributed by atoms with Gasteiger partial charge in [-0.1, -0.05) is 41.9 Å². The summed E-state index contributed by atoms with van der Waals surface area (Å²) in [5, 5.41) is 8.98. The number of hydrogen-bond acceptors (Lipinski definition) is 2. The van der Waals surface area contributed by atoms with Crippen LogP contribution in [0.3, 0.4) is 0 Å². The molecule has 2 rings (SSSR count). The minimum atomic E-state index is -0.312. The summed E-state index contributed by atoms with van der Waals surface area (Å²) in [6.45, 7) is 3.75. The second kappa shape index (κ2) is 9.08. The second-order valence-corrected chi connectivity index (χ2v) is 6.35. The minimum Gasteiger partial charge on any atom is -0.336 e. The van der Waals surface area contributed by atoms with Crippen molar-refractivity contribution in [3.8, 4) is 0 Å². The van der Waals surface area contributed by atoms with Crippen molar-refractivity contribution in [2.75, 3.05) is 10.6 Å². The van der Waals surface area contributed by atoms with Crippen molar-refractivity contribution in [3.63, 3.8) is 0 Å². The van der Waals surface area contributed by atoms with E-state index in [2.05, 4.69) is 16.0 Å². The highest BCUT2D eigenvalue weighted by atomic mass is 35.5. The molecule has 0 atom stereocenters. The number of carbonyl (C=O) groups excluding carboxylic acids is 2. The van der Waals surface area contributed by atoms with Crippen LogP contribution in [0.25, 0.3) is 0 Å². The van der Waals surface area contributed by atoms with Gasteiger partial charge >= 0.3 is 6.03 Å². The maximum Gasteiger partial charge on any atom is 0.319 e. The highest BCUT2D eigenvalue weighted by Gasteiger charge is 2.10. The first kappa shape index (κ1) is 18.8. The average Bonchev–Trinajstić information content (AvgIpc) is 2.55. The summed E-state index contributed by atoms with van der Waals surface area (Å²) in [6.07, 6.45) is 0.852. The predicted molar refractivity (Wildman–Crippen MR) is 102 cm³/mol. The van der Waals surface area contributed by atoms with Crippen LogP contribution in [0.4, 0.5) is 16.2 Å². The van der Waals surface area contributed by atoms with E-state index in [-0.39, 0.29) is 18.0 Å². The van der Waals surface area contributed by atoms with E-state index in [1.54, 1.807) is 30.3 Å². The Bertz CT molecular complexity index is 747. The van der Waals surface area contributed by atoms with Gasteiger partial charge in [0.05, 0.1) is 11.4 Å². The van der Waals surface area contributed by atoms with Crippen molar-refractivity contribution >= 4 is 34.9 Å². The van der Waals surface area contributed by atoms with E-state index < -0.39 is 0 Å². The summed E-state index contributed by atoms with van der Waals surface area (Å²) in [5.41, 5.74) is 2.04. The molecule has 0 aliphatic heterocycles. The number of carbonyl (C=O) groups is 2. The fraction of sp³-hybridized carbons (Fsp3) is 0.263. The molecule has 5 nitrogen and oxygen atoms in total. The van der Waals surface area contributed by atoms with Crippen molar-refractivity contribution in [2.45, 2.75) is 32.7 Å². The average molecular weight is 360 g/mol. The Morgan fingerprint density at radius 2 is 1.56 bits per heavy atom. The van der Waals surface area contributed by atoms with Crippen LogP contribution in [-0.2, 0) is 11.2 Å². The summed E-state index contributed by atoms with van der Waals surface area (Å²) in [6, 6.07) is 14.3. The van der Waals surface area contributed by atoms with E-state index in [0.29, 0.717) is 29.2 Å². The predicted octanol–water partition coefficient (Wildman–Crippen LogP) is 4.44. The van der Waals surface area contributed by atoms with Crippen molar-refractivity contribution in [1.82, 2.24) is 5.32 Å². The molecule has 0 aromatic heterocycles. The third-order valence-corrected chi connectivity index (χ3v) is 3.82. The van der Waals surface area contributed by atoms with Crippen LogP contribution in [0.1, 0.15) is 25.8 Å². The smallest absolute Gasteiger partial charge is 0.319 e. The van der Waals surface area contributed by atoms with Crippen LogP contribution in [-0.4, -0.2) is 18.0 Å². The standard InChI is InChI=1S/C19H22ClN3O2/c1-13(2)21-19(25)23-17-10-6-5-9-16(17)22-18(24)12-11-14-7-3-4-8-15(14)20/h3-10,13H,11-12H2,1-2H3,(H,22,24)(H2,21,23,25). The summed E-state index contributed by atoms with van der Waals surface area (Å²) in [7, 11) is 0. The SMILES string of the molecule is CC(C)NC(=O)Nc1ccccc1NC(=O)CCc1ccccc1Cl. The number of para-hydroxylation sites is 2. The van der Waals surface area contributed by atoms with E-state index in [1.807, 2.05) is 32.0 Å². The van der Waals surface area contributed by atoms with E-state index in [0.717, 1.165) is 5.56 Å². The van der Waals surface area contributed by atoms with Crippen LogP contribution in [0.5, 0.6) is 0 Å². The Morgan fingerprint density at radius 3 is 2.20 bits per heavy atom. The molecule has 0 spiro atoms. The lowest BCUT2D eigenvalue weighted by molar-refractivity contribution is -0.116. The molecule has 0 fully saturated rings. The number of nitrogens with one attached hydrogen (secondary N) is 3. The summed E-state index contributed by atoms with van der Waals surface area (Å²) in [5.74, 6) is -0.140. The molecule has 2 aromatic carbocycles. The third kappa shape index (κ3) is 6.12. The Hall–Kier alpha value is -2.53. The molecule has 0 saturated heterocycles. The van der Waals surface area contributed by atoms with Crippen molar-refractivity contribution < 1.29 is 9.59 Å². The van der Waals surface area contributed by atoms with Crippen LogP contribution in [0.15, 0.2) is 48.5 Å². The number of benzene rings is 2. The highest BCUT2D eigenvalue weighted by Crippen LogP contribution is 2.22. The molecule has 0 radical (unpaired) electrons. The number of urea groups is 1. The van der Waals surface area contributed by atoms with Gasteiger partial charge in [-0.3, -0.25) is 4.79 Å². The Morgan fingerprint density at radius 1 is 0.960 bits per heavy atom. The lowest BCUT2D eigenvalue weighted by atomic mass is 10.1. The molecule has 0 unspecified atom stereocenters. The van der Waals surface area contributed by atoms with Crippen LogP contribution in [0.2, 0.25) is 5.02 Å². The van der Waals surface area contributed by atoms with Gasteiger partial charge in [-0.25, -0.2) is 4.79 Å². The quantitative estimate of drug-likeness (QED) is 0.713. The van der Waals surface area contributed by atoms with Gasteiger partial charge in [0.25, 0.3) is 0 Å². The number of amides is 3. The van der Waals surface area contributed by atoms with E-state index >= 15 is 0 Å². The van der Waals surface area contributed by atoms with E-state index in [9.17, 15) is 9.59 Å². The maximum atomic E-state index is 12.2. The molecule has 0 aliphatic carbocycles. The first-order valence-electron chi connectivity index (χ1n) is 8.15. The van der Waals surface area contributed by atoms with Crippen LogP contribution in [0, 0.1) is 0 Å².